The number of rotatable bonds is 8. The molecule has 2 heterocycles. The molecule has 1 aromatic heterocycles. The predicted molar refractivity (Wildman–Crippen MR) is 117 cm³/mol. The van der Waals surface area contributed by atoms with Gasteiger partial charge < -0.3 is 14.8 Å². The summed E-state index contributed by atoms with van der Waals surface area (Å²) in [7, 11) is 0.206. The van der Waals surface area contributed by atoms with E-state index in [-0.39, 0.29) is 16.9 Å². The van der Waals surface area contributed by atoms with Crippen molar-refractivity contribution in [3.8, 4) is 0 Å². The van der Waals surface area contributed by atoms with Crippen LogP contribution in [0.15, 0.2) is 41.6 Å². The highest BCUT2D eigenvalue weighted by molar-refractivity contribution is 7.89. The number of imidazole rings is 1. The van der Waals surface area contributed by atoms with Gasteiger partial charge in [-0.1, -0.05) is 18.2 Å². The van der Waals surface area contributed by atoms with E-state index in [0.29, 0.717) is 38.3 Å². The number of amides is 1. The van der Waals surface area contributed by atoms with Crippen LogP contribution in [0.25, 0.3) is 0 Å². The Bertz CT molecular complexity index is 931. The summed E-state index contributed by atoms with van der Waals surface area (Å²) in [4.78, 5) is 18.8. The van der Waals surface area contributed by atoms with Gasteiger partial charge in [-0.25, -0.2) is 13.4 Å². The van der Waals surface area contributed by atoms with Gasteiger partial charge in [0.25, 0.3) is 10.0 Å². The fourth-order valence-corrected chi connectivity index (χ4v) is 5.12. The molecule has 9 heteroatoms. The average Bonchev–Trinajstić information content (AvgIpc) is 3.10. The van der Waals surface area contributed by atoms with Gasteiger partial charge in [-0.05, 0) is 38.3 Å². The molecule has 1 amide bonds. The number of carbonyl (C=O) groups is 1. The van der Waals surface area contributed by atoms with Gasteiger partial charge >= 0.3 is 0 Å². The molecule has 0 spiro atoms. The Morgan fingerprint density at radius 2 is 1.90 bits per heavy atom. The second-order valence-corrected chi connectivity index (χ2v) is 9.70. The number of nitrogens with one attached hydrogen (secondary N) is 1. The van der Waals surface area contributed by atoms with Crippen molar-refractivity contribution in [3.05, 3.63) is 42.4 Å². The van der Waals surface area contributed by atoms with Gasteiger partial charge in [0.15, 0.2) is 5.03 Å². The van der Waals surface area contributed by atoms with Crippen LogP contribution >= 0.6 is 0 Å². The SMILES string of the molecule is Cc1nc(S(=O)(=O)N2CCC(C(=O)NCCCN(C)c3ccccc3)CC2)cn1C. The second-order valence-electron chi connectivity index (χ2n) is 7.82. The number of sulfonamides is 1. The maximum atomic E-state index is 12.8. The van der Waals surface area contributed by atoms with Crippen LogP contribution in [0.4, 0.5) is 5.69 Å². The van der Waals surface area contributed by atoms with Gasteiger partial charge in [-0.3, -0.25) is 4.79 Å². The fraction of sp³-hybridized carbons (Fsp3) is 0.524. The van der Waals surface area contributed by atoms with E-state index in [1.807, 2.05) is 25.2 Å². The summed E-state index contributed by atoms with van der Waals surface area (Å²) in [5.74, 6) is 0.526. The molecule has 0 atom stereocenters. The molecule has 0 aliphatic carbocycles. The summed E-state index contributed by atoms with van der Waals surface area (Å²) in [6.45, 7) is 3.92. The van der Waals surface area contributed by atoms with Crippen LogP contribution < -0.4 is 10.2 Å². The van der Waals surface area contributed by atoms with E-state index in [1.165, 1.54) is 10.5 Å². The van der Waals surface area contributed by atoms with E-state index < -0.39 is 10.0 Å². The van der Waals surface area contributed by atoms with Gasteiger partial charge in [-0.2, -0.15) is 4.31 Å². The fourth-order valence-electron chi connectivity index (χ4n) is 3.62. The number of anilines is 1. The highest BCUT2D eigenvalue weighted by atomic mass is 32.2. The zero-order chi connectivity index (χ0) is 21.7. The third-order valence-electron chi connectivity index (χ3n) is 5.68. The molecule has 164 valence electrons. The minimum absolute atomic E-state index is 0.0168. The Balaban J connectivity index is 1.42. The van der Waals surface area contributed by atoms with Crippen molar-refractivity contribution in [3.63, 3.8) is 0 Å². The molecule has 2 aromatic rings. The molecular weight excluding hydrogens is 402 g/mol. The number of aromatic nitrogens is 2. The van der Waals surface area contributed by atoms with Crippen molar-refractivity contribution in [1.29, 1.82) is 0 Å². The highest BCUT2D eigenvalue weighted by Crippen LogP contribution is 2.23. The van der Waals surface area contributed by atoms with E-state index in [2.05, 4.69) is 27.3 Å². The molecule has 1 saturated heterocycles. The molecule has 0 unspecified atom stereocenters. The van der Waals surface area contributed by atoms with Gasteiger partial charge in [0, 0.05) is 58.1 Å². The molecule has 8 nitrogen and oxygen atoms in total. The van der Waals surface area contributed by atoms with Crippen LogP contribution in [-0.4, -0.2) is 61.4 Å². The van der Waals surface area contributed by atoms with E-state index in [4.69, 9.17) is 0 Å². The normalized spacial score (nSPS) is 15.8. The van der Waals surface area contributed by atoms with Crippen molar-refractivity contribution in [2.24, 2.45) is 13.0 Å². The van der Waals surface area contributed by atoms with E-state index in [1.54, 1.807) is 18.5 Å². The van der Waals surface area contributed by atoms with E-state index in [0.717, 1.165) is 18.7 Å². The standard InChI is InChI=1S/C21H31N5O3S/c1-17-23-20(16-25(17)3)30(28,29)26-14-10-18(11-15-26)21(27)22-12-7-13-24(2)19-8-5-4-6-9-19/h4-6,8-9,16,18H,7,10-15H2,1-3H3,(H,22,27). The first-order chi connectivity index (χ1) is 14.3. The largest absolute Gasteiger partial charge is 0.375 e. The second kappa shape index (κ2) is 9.61. The van der Waals surface area contributed by atoms with Crippen LogP contribution in [-0.2, 0) is 21.9 Å². The summed E-state index contributed by atoms with van der Waals surface area (Å²) >= 11 is 0. The van der Waals surface area contributed by atoms with Gasteiger partial charge in [0.05, 0.1) is 0 Å². The molecule has 3 rings (SSSR count). The lowest BCUT2D eigenvalue weighted by Crippen LogP contribution is -2.43. The molecule has 0 saturated carbocycles. The number of para-hydroxylation sites is 1. The zero-order valence-corrected chi connectivity index (χ0v) is 18.7. The van der Waals surface area contributed by atoms with Crippen LogP contribution in [0, 0.1) is 12.8 Å². The molecule has 1 aliphatic heterocycles. The number of aryl methyl sites for hydroxylation is 2. The summed E-state index contributed by atoms with van der Waals surface area (Å²) in [6, 6.07) is 10.1. The Morgan fingerprint density at radius 1 is 1.23 bits per heavy atom. The number of benzene rings is 1. The first-order valence-electron chi connectivity index (χ1n) is 10.3. The summed E-state index contributed by atoms with van der Waals surface area (Å²) in [6.07, 6.45) is 3.45. The Labute approximate surface area is 178 Å². The lowest BCUT2D eigenvalue weighted by molar-refractivity contribution is -0.126. The smallest absolute Gasteiger partial charge is 0.262 e. The minimum atomic E-state index is -3.61. The van der Waals surface area contributed by atoms with E-state index in [9.17, 15) is 13.2 Å². The van der Waals surface area contributed by atoms with Crippen LogP contribution in [0.3, 0.4) is 0 Å². The molecule has 30 heavy (non-hydrogen) atoms. The quantitative estimate of drug-likeness (QED) is 0.641. The van der Waals surface area contributed by atoms with Crippen molar-refractivity contribution in [2.45, 2.75) is 31.2 Å². The maximum absolute atomic E-state index is 12.8. The van der Waals surface area contributed by atoms with Gasteiger partial charge in [0.2, 0.25) is 5.91 Å². The van der Waals surface area contributed by atoms with Crippen molar-refractivity contribution in [2.75, 3.05) is 38.1 Å². The molecule has 1 N–H and O–H groups in total. The minimum Gasteiger partial charge on any atom is -0.375 e. The zero-order valence-electron chi connectivity index (χ0n) is 17.9. The highest BCUT2D eigenvalue weighted by Gasteiger charge is 2.33. The first-order valence-corrected chi connectivity index (χ1v) is 11.8. The van der Waals surface area contributed by atoms with Gasteiger partial charge in [0.1, 0.15) is 5.82 Å². The maximum Gasteiger partial charge on any atom is 0.262 e. The van der Waals surface area contributed by atoms with E-state index >= 15 is 0 Å². The monoisotopic (exact) mass is 433 g/mol. The van der Waals surface area contributed by atoms with Crippen molar-refractivity contribution in [1.82, 2.24) is 19.2 Å². The number of hydrogen-bond acceptors (Lipinski definition) is 5. The third-order valence-corrected chi connectivity index (χ3v) is 7.45. The first kappa shape index (κ1) is 22.3. The molecule has 0 bridgehead atoms. The molecular formula is C21H31N5O3S. The molecule has 1 fully saturated rings. The number of nitrogens with zero attached hydrogens (tertiary/aromatic N) is 4. The predicted octanol–water partition coefficient (Wildman–Crippen LogP) is 1.77. The lowest BCUT2D eigenvalue weighted by Gasteiger charge is -2.30. The average molecular weight is 434 g/mol. The Hall–Kier alpha value is -2.39. The molecule has 1 aromatic carbocycles. The summed E-state index contributed by atoms with van der Waals surface area (Å²) in [5.41, 5.74) is 1.15. The number of piperidine rings is 1. The molecule has 0 radical (unpaired) electrons. The topological polar surface area (TPSA) is 87.5 Å². The van der Waals surface area contributed by atoms with Gasteiger partial charge in [-0.15, -0.1) is 0 Å². The summed E-state index contributed by atoms with van der Waals surface area (Å²) in [5, 5.41) is 3.08. The molecule has 1 aliphatic rings. The summed E-state index contributed by atoms with van der Waals surface area (Å²) < 4.78 is 28.7. The Kier molecular flexibility index (Phi) is 7.14. The number of hydrogen-bond donors (Lipinski definition) is 1. The van der Waals surface area contributed by atoms with Crippen LogP contribution in [0.2, 0.25) is 0 Å². The van der Waals surface area contributed by atoms with Crippen LogP contribution in [0.1, 0.15) is 25.1 Å². The van der Waals surface area contributed by atoms with Crippen molar-refractivity contribution >= 4 is 21.6 Å². The Morgan fingerprint density at radius 3 is 2.50 bits per heavy atom. The van der Waals surface area contributed by atoms with Crippen LogP contribution in [0.5, 0.6) is 0 Å². The lowest BCUT2D eigenvalue weighted by atomic mass is 9.97. The van der Waals surface area contributed by atoms with Crippen molar-refractivity contribution < 1.29 is 13.2 Å². The number of carbonyl (C=O) groups excluding carboxylic acids is 1. The third kappa shape index (κ3) is 5.20.